The van der Waals surface area contributed by atoms with Gasteiger partial charge in [0.15, 0.2) is 43.0 Å². The molecule has 0 fully saturated rings. The lowest BCUT2D eigenvalue weighted by Crippen LogP contribution is -2.29. The summed E-state index contributed by atoms with van der Waals surface area (Å²) in [6.45, 7) is 6.97. The third-order valence-electron chi connectivity index (χ3n) is 12.2. The summed E-state index contributed by atoms with van der Waals surface area (Å²) >= 11 is 11.9. The van der Waals surface area contributed by atoms with Gasteiger partial charge in [0.2, 0.25) is 0 Å². The molecule has 0 aliphatic carbocycles. The first-order valence-electron chi connectivity index (χ1n) is 23.3. The molecule has 76 heavy (non-hydrogen) atoms. The molecular formula is C52H56Cl2N10O10S2. The molecule has 8 rings (SSSR count). The third kappa shape index (κ3) is 12.4. The lowest BCUT2D eigenvalue weighted by Gasteiger charge is -2.23. The summed E-state index contributed by atoms with van der Waals surface area (Å²) in [6.07, 6.45) is 7.98. The predicted molar refractivity (Wildman–Crippen MR) is 287 cm³/mol. The number of ether oxygens (including phenoxy) is 6. The highest BCUT2D eigenvalue weighted by Crippen LogP contribution is 2.39. The number of sulfone groups is 2. The number of halogens is 2. The van der Waals surface area contributed by atoms with E-state index in [1.165, 1.54) is 55.1 Å². The van der Waals surface area contributed by atoms with Crippen LogP contribution in [0, 0.1) is 13.8 Å². The van der Waals surface area contributed by atoms with Crippen molar-refractivity contribution in [3.8, 4) is 57.1 Å². The number of pyridine rings is 4. The number of hydrogen-bond acceptors (Lipinski definition) is 18. The molecule has 24 heteroatoms. The van der Waals surface area contributed by atoms with E-state index in [0.717, 1.165) is 11.1 Å². The van der Waals surface area contributed by atoms with Crippen LogP contribution in [0.15, 0.2) is 110 Å². The molecule has 4 atom stereocenters. The van der Waals surface area contributed by atoms with E-state index in [1.54, 1.807) is 108 Å². The van der Waals surface area contributed by atoms with Crippen LogP contribution in [-0.2, 0) is 40.7 Å². The number of nitrogens with zero attached hydrogens (tertiary/aromatic N) is 10. The summed E-state index contributed by atoms with van der Waals surface area (Å²) in [5.74, 6) is 2.09. The van der Waals surface area contributed by atoms with Crippen molar-refractivity contribution in [3.05, 3.63) is 154 Å². The van der Waals surface area contributed by atoms with Gasteiger partial charge in [0, 0.05) is 62.5 Å². The van der Waals surface area contributed by atoms with E-state index in [1.807, 2.05) is 26.0 Å². The quantitative estimate of drug-likeness (QED) is 0.0693. The Kier molecular flexibility index (Phi) is 18.4. The summed E-state index contributed by atoms with van der Waals surface area (Å²) in [7, 11) is 1.29. The number of methoxy groups -OCH3 is 6. The van der Waals surface area contributed by atoms with Gasteiger partial charge in [-0.2, -0.15) is 0 Å². The molecule has 0 saturated carbocycles. The highest BCUT2D eigenvalue weighted by Gasteiger charge is 2.36. The molecule has 0 N–H and O–H groups in total. The van der Waals surface area contributed by atoms with E-state index in [2.05, 4.69) is 40.3 Å². The average molecular weight is 1120 g/mol. The van der Waals surface area contributed by atoms with Gasteiger partial charge in [-0.15, -0.1) is 20.4 Å². The Morgan fingerprint density at radius 3 is 1.14 bits per heavy atom. The third-order valence-corrected chi connectivity index (χ3v) is 16.7. The van der Waals surface area contributed by atoms with E-state index < -0.39 is 53.9 Å². The first-order valence-corrected chi connectivity index (χ1v) is 27.5. The number of aryl methyl sites for hydroxylation is 2. The van der Waals surface area contributed by atoms with Crippen molar-refractivity contribution >= 4 is 42.9 Å². The molecule has 400 valence electrons. The van der Waals surface area contributed by atoms with E-state index in [-0.39, 0.29) is 11.6 Å². The summed E-state index contributed by atoms with van der Waals surface area (Å²) in [5.41, 5.74) is 4.97. The topological polar surface area (TPSA) is 237 Å². The minimum atomic E-state index is -3.85. The number of para-hydroxylation sites is 2. The lowest BCUT2D eigenvalue weighted by atomic mass is 10.2. The van der Waals surface area contributed by atoms with Crippen LogP contribution in [0.1, 0.15) is 60.2 Å². The summed E-state index contributed by atoms with van der Waals surface area (Å²) < 4.78 is 91.9. The van der Waals surface area contributed by atoms with Gasteiger partial charge in [0.25, 0.3) is 0 Å². The van der Waals surface area contributed by atoms with Crippen molar-refractivity contribution < 1.29 is 45.3 Å². The van der Waals surface area contributed by atoms with Gasteiger partial charge in [-0.05, 0) is 99.5 Å². The van der Waals surface area contributed by atoms with Gasteiger partial charge in [-0.1, -0.05) is 35.3 Å². The normalized spacial score (nSPS) is 13.2. The molecule has 6 aromatic heterocycles. The first-order chi connectivity index (χ1) is 36.4. The minimum absolute atomic E-state index is 0.176. The van der Waals surface area contributed by atoms with Crippen molar-refractivity contribution in [2.24, 2.45) is 0 Å². The molecular weight excluding hydrogens is 1060 g/mol. The fourth-order valence-electron chi connectivity index (χ4n) is 8.34. The standard InChI is InChI=1S/2C26H28ClN5O5S/c2*1-16-11-18(13-28-12-16)26-31-30-23(32(26)24-21(35-3)7-6-8-22(24)36-4)15-38(33,34)17(2)25(37-5)20-10-9-19(27)14-29-20/h2*6-14,17,25H,15H2,1-5H3/t2*17-,25-/m10/s1. The second kappa shape index (κ2) is 24.7. The Labute approximate surface area is 451 Å². The second-order valence-electron chi connectivity index (χ2n) is 17.2. The molecule has 0 unspecified atom stereocenters. The average Bonchev–Trinajstić information content (AvgIpc) is 4.04. The van der Waals surface area contributed by atoms with Crippen LogP contribution in [0.25, 0.3) is 34.2 Å². The number of benzene rings is 2. The summed E-state index contributed by atoms with van der Waals surface area (Å²) in [6, 6.07) is 20.9. The van der Waals surface area contributed by atoms with Gasteiger partial charge in [0.1, 0.15) is 58.1 Å². The zero-order valence-corrected chi connectivity index (χ0v) is 46.4. The van der Waals surface area contributed by atoms with Gasteiger partial charge in [-0.25, -0.2) is 16.8 Å². The van der Waals surface area contributed by atoms with Crippen LogP contribution >= 0.6 is 23.2 Å². The number of hydrogen-bond donors (Lipinski definition) is 0. The zero-order chi connectivity index (χ0) is 54.9. The van der Waals surface area contributed by atoms with Crippen LogP contribution in [0.5, 0.6) is 23.0 Å². The SMILES string of the molecule is COc1cccc(OC)c1-n1c(CS(=O)(=O)[C@@H](C)[C@H](OC)c2ccc(Cl)cn2)nnc1-c1cncc(C)c1.COc1cccc(OC)c1-n1c(CS(=O)(=O)[C@H](C)[C@@H](OC)c2ccc(Cl)cn2)nnc1-c1cncc(C)c1. The molecule has 0 saturated heterocycles. The van der Waals surface area contributed by atoms with Crippen LogP contribution in [0.2, 0.25) is 10.0 Å². The maximum Gasteiger partial charge on any atom is 0.170 e. The fourth-order valence-corrected chi connectivity index (χ4v) is 11.4. The lowest BCUT2D eigenvalue weighted by molar-refractivity contribution is 0.0986. The fraction of sp³-hybridized carbons (Fsp3) is 0.308. The van der Waals surface area contributed by atoms with Crippen molar-refractivity contribution in [2.75, 3.05) is 42.7 Å². The first kappa shape index (κ1) is 56.6. The smallest absolute Gasteiger partial charge is 0.170 e. The monoisotopic (exact) mass is 1110 g/mol. The maximum atomic E-state index is 13.7. The van der Waals surface area contributed by atoms with Crippen LogP contribution in [-0.4, -0.2) is 119 Å². The molecule has 0 spiro atoms. The molecule has 0 radical (unpaired) electrons. The number of aromatic nitrogens is 10. The Morgan fingerprint density at radius 1 is 0.500 bits per heavy atom. The van der Waals surface area contributed by atoms with Crippen LogP contribution < -0.4 is 18.9 Å². The van der Waals surface area contributed by atoms with Gasteiger partial charge >= 0.3 is 0 Å². The predicted octanol–water partition coefficient (Wildman–Crippen LogP) is 8.79. The van der Waals surface area contributed by atoms with Crippen molar-refractivity contribution in [1.82, 2.24) is 49.5 Å². The molecule has 20 nitrogen and oxygen atoms in total. The zero-order valence-electron chi connectivity index (χ0n) is 43.2. The highest BCUT2D eigenvalue weighted by atomic mass is 35.5. The van der Waals surface area contributed by atoms with E-state index in [9.17, 15) is 16.8 Å². The molecule has 0 aliphatic rings. The highest BCUT2D eigenvalue weighted by molar-refractivity contribution is 7.91. The van der Waals surface area contributed by atoms with Crippen molar-refractivity contribution in [2.45, 2.75) is 61.9 Å². The Bertz CT molecular complexity index is 3240. The summed E-state index contributed by atoms with van der Waals surface area (Å²) in [5, 5.41) is 16.3. The van der Waals surface area contributed by atoms with Gasteiger partial charge in [-0.3, -0.25) is 29.1 Å². The summed E-state index contributed by atoms with van der Waals surface area (Å²) in [4.78, 5) is 17.1. The number of rotatable bonds is 20. The second-order valence-corrected chi connectivity index (χ2v) is 22.8. The molecule has 0 bridgehead atoms. The van der Waals surface area contributed by atoms with E-state index in [0.29, 0.717) is 78.6 Å². The molecule has 8 aromatic rings. The Hall–Kier alpha value is -7.08. The minimum Gasteiger partial charge on any atom is -0.494 e. The molecule has 6 heterocycles. The van der Waals surface area contributed by atoms with Gasteiger partial charge < -0.3 is 28.4 Å². The van der Waals surface area contributed by atoms with E-state index in [4.69, 9.17) is 51.6 Å². The van der Waals surface area contributed by atoms with Crippen LogP contribution in [0.3, 0.4) is 0 Å². The van der Waals surface area contributed by atoms with Gasteiger partial charge in [0.05, 0.1) is 60.4 Å². The maximum absolute atomic E-state index is 13.7. The molecule has 0 amide bonds. The molecule has 2 aromatic carbocycles. The Balaban J connectivity index is 0.000000221. The van der Waals surface area contributed by atoms with Crippen molar-refractivity contribution in [3.63, 3.8) is 0 Å². The largest absolute Gasteiger partial charge is 0.494 e. The van der Waals surface area contributed by atoms with Crippen molar-refractivity contribution in [1.29, 1.82) is 0 Å². The Morgan fingerprint density at radius 2 is 0.855 bits per heavy atom. The molecule has 0 aliphatic heterocycles. The van der Waals surface area contributed by atoms with E-state index >= 15 is 0 Å². The van der Waals surface area contributed by atoms with Crippen LogP contribution in [0.4, 0.5) is 0 Å².